The first kappa shape index (κ1) is 15.3. The van der Waals surface area contributed by atoms with Gasteiger partial charge in [0.2, 0.25) is 0 Å². The zero-order valence-corrected chi connectivity index (χ0v) is 13.7. The highest BCUT2D eigenvalue weighted by Crippen LogP contribution is 2.49. The zero-order chi connectivity index (χ0) is 16.1. The third-order valence-corrected chi connectivity index (χ3v) is 6.24. The van der Waals surface area contributed by atoms with Crippen LogP contribution in [0.2, 0.25) is 0 Å². The van der Waals surface area contributed by atoms with Crippen LogP contribution < -0.4 is 0 Å². The van der Waals surface area contributed by atoms with E-state index in [1.165, 1.54) is 11.4 Å². The number of ether oxygens (including phenoxy) is 1. The molecule has 1 aromatic carbocycles. The van der Waals surface area contributed by atoms with Gasteiger partial charge in [-0.2, -0.15) is 17.0 Å². The van der Waals surface area contributed by atoms with Gasteiger partial charge in [-0.05, 0) is 17.4 Å². The second-order valence-electron chi connectivity index (χ2n) is 6.61. The maximum absolute atomic E-state index is 12.8. The number of hydrogen-bond acceptors (Lipinski definition) is 4. The van der Waals surface area contributed by atoms with Gasteiger partial charge in [-0.25, -0.2) is 4.79 Å². The van der Waals surface area contributed by atoms with Crippen LogP contribution in [0.1, 0.15) is 31.9 Å². The third-order valence-electron chi connectivity index (χ3n) is 4.37. The van der Waals surface area contributed by atoms with E-state index >= 15 is 0 Å². The van der Waals surface area contributed by atoms with Gasteiger partial charge >= 0.3 is 16.3 Å². The van der Waals surface area contributed by atoms with Gasteiger partial charge in [0.05, 0.1) is 19.2 Å². The number of amides is 1. The van der Waals surface area contributed by atoms with E-state index in [0.29, 0.717) is 13.0 Å². The van der Waals surface area contributed by atoms with Gasteiger partial charge in [0.15, 0.2) is 0 Å². The summed E-state index contributed by atoms with van der Waals surface area (Å²) in [6.45, 7) is 4.51. The molecule has 0 aliphatic carbocycles. The molecule has 3 rings (SSSR count). The van der Waals surface area contributed by atoms with Crippen LogP contribution in [0.4, 0.5) is 4.79 Å². The molecule has 2 aliphatic rings. The Morgan fingerprint density at radius 1 is 1.27 bits per heavy atom. The molecule has 0 saturated carbocycles. The Morgan fingerprint density at radius 2 is 1.91 bits per heavy atom. The molecule has 0 radical (unpaired) electrons. The minimum Gasteiger partial charge on any atom is -0.452 e. The highest BCUT2D eigenvalue weighted by atomic mass is 32.2. The lowest BCUT2D eigenvalue weighted by Gasteiger charge is -2.26. The molecular formula is C15H20N2O4S. The van der Waals surface area contributed by atoms with E-state index in [2.05, 4.69) is 0 Å². The van der Waals surface area contributed by atoms with Crippen LogP contribution in [0, 0.1) is 5.41 Å². The van der Waals surface area contributed by atoms with Crippen molar-refractivity contribution in [2.45, 2.75) is 32.4 Å². The van der Waals surface area contributed by atoms with E-state index in [4.69, 9.17) is 4.74 Å². The van der Waals surface area contributed by atoms with E-state index in [1.54, 1.807) is 0 Å². The van der Waals surface area contributed by atoms with E-state index < -0.39 is 22.3 Å². The number of fused-ring (bicyclic) bond motifs is 1. The van der Waals surface area contributed by atoms with Crippen molar-refractivity contribution in [3.05, 3.63) is 35.9 Å². The van der Waals surface area contributed by atoms with Gasteiger partial charge < -0.3 is 4.74 Å². The van der Waals surface area contributed by atoms with E-state index in [0.717, 1.165) is 9.87 Å². The number of hydrogen-bond donors (Lipinski definition) is 0. The number of rotatable bonds is 1. The van der Waals surface area contributed by atoms with E-state index in [1.807, 2.05) is 44.2 Å². The largest absolute Gasteiger partial charge is 0.452 e. The number of benzene rings is 1. The number of carbonyl (C=O) groups excluding carboxylic acids is 1. The van der Waals surface area contributed by atoms with Gasteiger partial charge in [-0.15, -0.1) is 0 Å². The van der Waals surface area contributed by atoms with Crippen LogP contribution >= 0.6 is 0 Å². The maximum Gasteiger partial charge on any atom is 0.424 e. The van der Waals surface area contributed by atoms with Crippen molar-refractivity contribution < 1.29 is 17.9 Å². The molecule has 6 nitrogen and oxygen atoms in total. The molecule has 1 amide bonds. The lowest BCUT2D eigenvalue weighted by molar-refractivity contribution is 0.137. The molecule has 120 valence electrons. The van der Waals surface area contributed by atoms with Crippen molar-refractivity contribution >= 4 is 16.3 Å². The van der Waals surface area contributed by atoms with Crippen molar-refractivity contribution in [2.24, 2.45) is 5.41 Å². The fraction of sp³-hybridized carbons (Fsp3) is 0.533. The minimum absolute atomic E-state index is 0.104. The van der Waals surface area contributed by atoms with Crippen LogP contribution in [0.25, 0.3) is 0 Å². The summed E-state index contributed by atoms with van der Waals surface area (Å²) in [4.78, 5) is 12.1. The quantitative estimate of drug-likeness (QED) is 0.794. The summed E-state index contributed by atoms with van der Waals surface area (Å²) in [5.41, 5.74) is 0.703. The van der Waals surface area contributed by atoms with Crippen LogP contribution in [0.5, 0.6) is 0 Å². The van der Waals surface area contributed by atoms with Crippen molar-refractivity contribution in [3.63, 3.8) is 0 Å². The average Bonchev–Trinajstić information content (AvgIpc) is 2.89. The Labute approximate surface area is 130 Å². The van der Waals surface area contributed by atoms with Gasteiger partial charge in [-0.1, -0.05) is 44.2 Å². The first-order valence-corrected chi connectivity index (χ1v) is 8.62. The lowest BCUT2D eigenvalue weighted by atomic mass is 9.87. The van der Waals surface area contributed by atoms with Gasteiger partial charge in [0.25, 0.3) is 0 Å². The third kappa shape index (κ3) is 2.19. The molecule has 0 spiro atoms. The molecule has 22 heavy (non-hydrogen) atoms. The number of nitrogens with zero attached hydrogens (tertiary/aromatic N) is 2. The SMILES string of the molecule is COC(=O)N1[C@@H](c2ccccc2)[C@@H]2CC(C)(C)CN2S1(=O)=O. The predicted octanol–water partition coefficient (Wildman–Crippen LogP) is 2.16. The molecule has 1 aromatic rings. The van der Waals surface area contributed by atoms with Crippen molar-refractivity contribution in [1.29, 1.82) is 0 Å². The standard InChI is InChI=1S/C15H20N2O4S/c1-15(2)9-12-13(11-7-5-4-6-8-11)17(14(18)21-3)22(19,20)16(12)10-15/h4-8,12-13H,9-10H2,1-3H3/t12-,13-/m0/s1. The van der Waals surface area contributed by atoms with Crippen LogP contribution in [0.15, 0.2) is 30.3 Å². The Hall–Kier alpha value is -1.60. The van der Waals surface area contributed by atoms with Gasteiger partial charge in [0, 0.05) is 6.54 Å². The molecular weight excluding hydrogens is 304 g/mol. The average molecular weight is 324 g/mol. The van der Waals surface area contributed by atoms with Gasteiger partial charge in [0.1, 0.15) is 0 Å². The van der Waals surface area contributed by atoms with Crippen LogP contribution in [-0.4, -0.2) is 42.8 Å². The molecule has 0 bridgehead atoms. The van der Waals surface area contributed by atoms with Crippen molar-refractivity contribution in [3.8, 4) is 0 Å². The minimum atomic E-state index is -3.85. The first-order chi connectivity index (χ1) is 10.3. The molecule has 0 aromatic heterocycles. The predicted molar refractivity (Wildman–Crippen MR) is 81.2 cm³/mol. The van der Waals surface area contributed by atoms with Crippen molar-refractivity contribution in [1.82, 2.24) is 8.61 Å². The Balaban J connectivity index is 2.12. The molecule has 2 saturated heterocycles. The summed E-state index contributed by atoms with van der Waals surface area (Å²) in [6, 6.07) is 8.48. The number of methoxy groups -OCH3 is 1. The molecule has 0 unspecified atom stereocenters. The molecule has 2 fully saturated rings. The highest BCUT2D eigenvalue weighted by Gasteiger charge is 2.59. The van der Waals surface area contributed by atoms with Crippen LogP contribution in [0.3, 0.4) is 0 Å². The molecule has 2 atom stereocenters. The summed E-state index contributed by atoms with van der Waals surface area (Å²) in [5, 5.41) is 0. The Morgan fingerprint density at radius 3 is 2.50 bits per heavy atom. The first-order valence-electron chi connectivity index (χ1n) is 7.22. The molecule has 7 heteroatoms. The van der Waals surface area contributed by atoms with Crippen molar-refractivity contribution in [2.75, 3.05) is 13.7 Å². The zero-order valence-electron chi connectivity index (χ0n) is 12.9. The fourth-order valence-corrected chi connectivity index (χ4v) is 5.59. The Bertz CT molecular complexity index is 687. The summed E-state index contributed by atoms with van der Waals surface area (Å²) in [5.74, 6) is 0. The highest BCUT2D eigenvalue weighted by molar-refractivity contribution is 7.87. The monoisotopic (exact) mass is 324 g/mol. The molecule has 2 heterocycles. The lowest BCUT2D eigenvalue weighted by Crippen LogP contribution is -2.39. The number of carbonyl (C=O) groups is 1. The second-order valence-corrected chi connectivity index (χ2v) is 8.37. The molecule has 2 aliphatic heterocycles. The maximum atomic E-state index is 12.8. The summed E-state index contributed by atoms with van der Waals surface area (Å²) < 4.78 is 32.7. The summed E-state index contributed by atoms with van der Waals surface area (Å²) >= 11 is 0. The van der Waals surface area contributed by atoms with Crippen LogP contribution in [-0.2, 0) is 14.9 Å². The summed E-state index contributed by atoms with van der Waals surface area (Å²) in [7, 11) is -2.65. The second kappa shape index (κ2) is 4.96. The molecule has 0 N–H and O–H groups in total. The van der Waals surface area contributed by atoms with E-state index in [9.17, 15) is 13.2 Å². The normalized spacial score (nSPS) is 29.3. The summed E-state index contributed by atoms with van der Waals surface area (Å²) in [6.07, 6.45) is -0.125. The Kier molecular flexibility index (Phi) is 3.45. The smallest absolute Gasteiger partial charge is 0.424 e. The van der Waals surface area contributed by atoms with Gasteiger partial charge in [-0.3, -0.25) is 0 Å². The topological polar surface area (TPSA) is 66.9 Å². The van der Waals surface area contributed by atoms with E-state index in [-0.39, 0.29) is 11.5 Å². The fourth-order valence-electron chi connectivity index (χ4n) is 3.51.